The first-order valence-corrected chi connectivity index (χ1v) is 16.3. The summed E-state index contributed by atoms with van der Waals surface area (Å²) >= 11 is 8.91. The molecule has 0 bridgehead atoms. The summed E-state index contributed by atoms with van der Waals surface area (Å²) in [6, 6.07) is 18.7. The van der Waals surface area contributed by atoms with Crippen LogP contribution < -0.4 is 15.1 Å². The number of carbonyl (C=O) groups excluding carboxylic acids is 1. The average Bonchev–Trinajstić information content (AvgIpc) is 3.55. The third-order valence-electron chi connectivity index (χ3n) is 7.22. The van der Waals surface area contributed by atoms with Crippen molar-refractivity contribution in [2.45, 2.75) is 35.2 Å². The van der Waals surface area contributed by atoms with Crippen molar-refractivity contribution in [1.29, 1.82) is 0 Å². The van der Waals surface area contributed by atoms with Crippen LogP contribution in [0.5, 0.6) is 5.75 Å². The van der Waals surface area contributed by atoms with Gasteiger partial charge in [-0.25, -0.2) is 19.5 Å². The molecule has 1 aromatic heterocycles. The van der Waals surface area contributed by atoms with E-state index in [1.54, 1.807) is 12.1 Å². The van der Waals surface area contributed by atoms with Gasteiger partial charge in [0, 0.05) is 25.1 Å². The van der Waals surface area contributed by atoms with Gasteiger partial charge in [0.1, 0.15) is 12.1 Å². The first kappa shape index (κ1) is 32.3. The molecular weight excluding hydrogens is 751 g/mol. The maximum absolute atomic E-state index is 13.1. The second-order valence-electron chi connectivity index (χ2n) is 10.8. The van der Waals surface area contributed by atoms with E-state index in [1.807, 2.05) is 36.1 Å². The summed E-state index contributed by atoms with van der Waals surface area (Å²) in [5.74, 6) is 0.333. The highest BCUT2D eigenvalue weighted by molar-refractivity contribution is 9.28. The quantitative estimate of drug-likeness (QED) is 0.156. The number of hydrazine groups is 1. The molecule has 1 saturated heterocycles. The lowest BCUT2D eigenvalue weighted by Crippen LogP contribution is -2.38. The predicted octanol–water partition coefficient (Wildman–Crippen LogP) is 8.25. The fraction of sp³-hybridized carbons (Fsp3) is 0.226. The van der Waals surface area contributed by atoms with Gasteiger partial charge in [0.2, 0.25) is 0 Å². The Morgan fingerprint density at radius 2 is 1.85 bits per heavy atom. The second-order valence-corrected chi connectivity index (χ2v) is 16.5. The number of ether oxygens (including phenoxy) is 1. The van der Waals surface area contributed by atoms with E-state index in [0.29, 0.717) is 23.2 Å². The molecular formula is C31H26Br2F3N7O2S. The van der Waals surface area contributed by atoms with Crippen molar-refractivity contribution in [3.05, 3.63) is 102 Å². The zero-order valence-electron chi connectivity index (χ0n) is 24.6. The molecule has 3 aromatic carbocycles. The molecule has 9 nitrogen and oxygen atoms in total. The molecule has 46 heavy (non-hydrogen) atoms. The minimum absolute atomic E-state index is 0.205. The van der Waals surface area contributed by atoms with Crippen molar-refractivity contribution in [3.63, 3.8) is 0 Å². The van der Waals surface area contributed by atoms with Crippen LogP contribution in [-0.2, 0) is 6.54 Å². The number of amidine groups is 1. The standard InChI is InChI=1S/C31H26Br2F3N7O2S/c1-18-4-13-24-19(2)15-26-30(32,33)46-29(43(26)25(24)14-18)38-28(44)40-41(3)16-20-5-7-21(8-6-20)27-37-17-42(39-27)22-9-11-23(12-10-22)45-31(34,35)36/h4-15,17,19H,16H2,1-3H3,(H,40,44). The molecule has 0 saturated carbocycles. The number of halogens is 5. The average molecular weight is 777 g/mol. The number of hydrogen-bond donors (Lipinski definition) is 1. The number of aryl methyl sites for hydroxylation is 1. The minimum atomic E-state index is -4.76. The normalized spacial score (nSPS) is 17.9. The molecule has 3 heterocycles. The van der Waals surface area contributed by atoms with Gasteiger partial charge >= 0.3 is 12.4 Å². The Bertz CT molecular complexity index is 1840. The van der Waals surface area contributed by atoms with E-state index in [9.17, 15) is 18.0 Å². The number of allylic oxidation sites excluding steroid dienone is 1. The Labute approximate surface area is 283 Å². The van der Waals surface area contributed by atoms with E-state index in [1.165, 1.54) is 47.0 Å². The number of thioether (sulfide) groups is 1. The number of alkyl halides is 5. The molecule has 1 unspecified atom stereocenters. The summed E-state index contributed by atoms with van der Waals surface area (Å²) in [6.07, 6.45) is -1.11. The molecule has 2 amide bonds. The summed E-state index contributed by atoms with van der Waals surface area (Å²) in [4.78, 5) is 23.8. The van der Waals surface area contributed by atoms with Crippen molar-refractivity contribution >= 4 is 60.5 Å². The molecule has 0 spiro atoms. The number of hydrogen-bond acceptors (Lipinski definition) is 6. The monoisotopic (exact) mass is 775 g/mol. The number of nitrogens with one attached hydrogen (secondary N) is 1. The Balaban J connectivity index is 1.10. The molecule has 15 heteroatoms. The van der Waals surface area contributed by atoms with Crippen LogP contribution in [0.25, 0.3) is 17.1 Å². The third-order valence-corrected chi connectivity index (χ3v) is 9.92. The molecule has 0 radical (unpaired) electrons. The van der Waals surface area contributed by atoms with Gasteiger partial charge in [-0.3, -0.25) is 10.3 Å². The molecule has 238 valence electrons. The van der Waals surface area contributed by atoms with Crippen LogP contribution >= 0.6 is 43.6 Å². The van der Waals surface area contributed by atoms with E-state index >= 15 is 0 Å². The largest absolute Gasteiger partial charge is 0.573 e. The molecule has 4 aromatic rings. The Morgan fingerprint density at radius 3 is 2.54 bits per heavy atom. The van der Waals surface area contributed by atoms with Crippen LogP contribution in [-0.4, -0.2) is 46.9 Å². The Hall–Kier alpha value is -3.66. The SMILES string of the molecule is Cc1ccc2c(c1)N1C(=CC2C)C(Br)(Br)SC1=NC(=O)NN(C)Cc1ccc(-c2ncn(-c3ccc(OC(F)(F)F)cc3)n2)cc1. The van der Waals surface area contributed by atoms with Gasteiger partial charge in [0.25, 0.3) is 0 Å². The number of rotatable bonds is 6. The van der Waals surface area contributed by atoms with Crippen LogP contribution in [0.1, 0.15) is 29.5 Å². The lowest BCUT2D eigenvalue weighted by Gasteiger charge is -2.31. The molecule has 2 aliphatic heterocycles. The number of fused-ring (bicyclic) bond motifs is 3. The highest BCUT2D eigenvalue weighted by atomic mass is 79.9. The van der Waals surface area contributed by atoms with E-state index in [-0.39, 0.29) is 11.7 Å². The highest BCUT2D eigenvalue weighted by Gasteiger charge is 2.48. The van der Waals surface area contributed by atoms with Gasteiger partial charge < -0.3 is 4.74 Å². The zero-order chi connectivity index (χ0) is 32.8. The number of aromatic nitrogens is 3. The van der Waals surface area contributed by atoms with E-state index in [4.69, 9.17) is 0 Å². The number of aliphatic imine (C=N–C) groups is 1. The van der Waals surface area contributed by atoms with Crippen LogP contribution in [0.15, 0.2) is 89.8 Å². The van der Waals surface area contributed by atoms with Crippen LogP contribution in [0.4, 0.5) is 23.7 Å². The van der Waals surface area contributed by atoms with Crippen molar-refractivity contribution in [2.75, 3.05) is 11.9 Å². The number of benzene rings is 3. The molecule has 1 N–H and O–H groups in total. The van der Waals surface area contributed by atoms with Crippen molar-refractivity contribution in [2.24, 2.45) is 4.99 Å². The van der Waals surface area contributed by atoms with Gasteiger partial charge in [-0.15, -0.1) is 18.3 Å². The molecule has 0 aliphatic carbocycles. The number of carbonyl (C=O) groups is 1. The molecule has 1 fully saturated rings. The topological polar surface area (TPSA) is 87.9 Å². The van der Waals surface area contributed by atoms with Crippen molar-refractivity contribution < 1.29 is 22.7 Å². The zero-order valence-corrected chi connectivity index (χ0v) is 28.6. The first-order chi connectivity index (χ1) is 21.8. The van der Waals surface area contributed by atoms with Gasteiger partial charge in [-0.1, -0.05) is 93.0 Å². The lowest BCUT2D eigenvalue weighted by atomic mass is 9.93. The maximum Gasteiger partial charge on any atom is 0.573 e. The van der Waals surface area contributed by atoms with Crippen molar-refractivity contribution in [1.82, 2.24) is 25.2 Å². The van der Waals surface area contributed by atoms with E-state index < -0.39 is 15.0 Å². The fourth-order valence-corrected chi connectivity index (χ4v) is 7.55. The summed E-state index contributed by atoms with van der Waals surface area (Å²) in [6.45, 7) is 4.60. The Morgan fingerprint density at radius 1 is 1.13 bits per heavy atom. The third kappa shape index (κ3) is 7.01. The first-order valence-electron chi connectivity index (χ1n) is 13.9. The van der Waals surface area contributed by atoms with Gasteiger partial charge in [0.05, 0.1) is 17.1 Å². The molecule has 1 atom stereocenters. The summed E-state index contributed by atoms with van der Waals surface area (Å²) in [7, 11) is 1.76. The smallest absolute Gasteiger partial charge is 0.406 e. The molecule has 2 aliphatic rings. The predicted molar refractivity (Wildman–Crippen MR) is 179 cm³/mol. The number of urea groups is 1. The highest BCUT2D eigenvalue weighted by Crippen LogP contribution is 2.58. The van der Waals surface area contributed by atoms with Crippen LogP contribution in [0, 0.1) is 6.92 Å². The van der Waals surface area contributed by atoms with Gasteiger partial charge in [-0.05, 0) is 53.9 Å². The fourth-order valence-electron chi connectivity index (χ4n) is 5.15. The van der Waals surface area contributed by atoms with Gasteiger partial charge in [0.15, 0.2) is 13.6 Å². The summed E-state index contributed by atoms with van der Waals surface area (Å²) < 4.78 is 42.1. The summed E-state index contributed by atoms with van der Waals surface area (Å²) in [5.41, 5.74) is 9.28. The van der Waals surface area contributed by atoms with E-state index in [2.05, 4.69) is 88.3 Å². The van der Waals surface area contributed by atoms with Crippen molar-refractivity contribution in [3.8, 4) is 22.8 Å². The van der Waals surface area contributed by atoms with Gasteiger partial charge in [-0.2, -0.15) is 4.99 Å². The second kappa shape index (κ2) is 12.5. The number of amides is 2. The van der Waals surface area contributed by atoms with Crippen LogP contribution in [0.3, 0.4) is 0 Å². The lowest BCUT2D eigenvalue weighted by molar-refractivity contribution is -0.274. The van der Waals surface area contributed by atoms with Crippen LogP contribution in [0.2, 0.25) is 0 Å². The Kier molecular flexibility index (Phi) is 8.78. The maximum atomic E-state index is 13.1. The minimum Gasteiger partial charge on any atom is -0.406 e. The van der Waals surface area contributed by atoms with E-state index in [0.717, 1.165) is 33.6 Å². The number of nitrogens with zero attached hydrogens (tertiary/aromatic N) is 6. The summed E-state index contributed by atoms with van der Waals surface area (Å²) in [5, 5.41) is 6.64. The number of anilines is 1. The molecule has 6 rings (SSSR count).